The van der Waals surface area contributed by atoms with Crippen molar-refractivity contribution in [2.24, 2.45) is 0 Å². The topological polar surface area (TPSA) is 17.3 Å². The first-order valence-electron chi connectivity index (χ1n) is 3.80. The summed E-state index contributed by atoms with van der Waals surface area (Å²) in [5.41, 5.74) is 3.10. The Kier molecular flexibility index (Phi) is 1.77. The van der Waals surface area contributed by atoms with Gasteiger partial charge in [0.15, 0.2) is 0 Å². The van der Waals surface area contributed by atoms with Gasteiger partial charge in [0.1, 0.15) is 5.65 Å². The first kappa shape index (κ1) is 7.62. The number of hydrogen-bond donors (Lipinski definition) is 0. The fourth-order valence-electron chi connectivity index (χ4n) is 1.23. The van der Waals surface area contributed by atoms with Gasteiger partial charge in [-0.05, 0) is 24.6 Å². The van der Waals surface area contributed by atoms with E-state index in [-0.39, 0.29) is 0 Å². The van der Waals surface area contributed by atoms with Crippen LogP contribution in [0.25, 0.3) is 5.65 Å². The first-order chi connectivity index (χ1) is 5.79. The molecule has 0 aliphatic carbocycles. The largest absolute Gasteiger partial charge is 0.307 e. The van der Waals surface area contributed by atoms with E-state index in [9.17, 15) is 0 Å². The van der Waals surface area contributed by atoms with Gasteiger partial charge in [0.25, 0.3) is 0 Å². The highest BCUT2D eigenvalue weighted by Crippen LogP contribution is 2.09. The molecule has 0 bridgehead atoms. The van der Waals surface area contributed by atoms with Gasteiger partial charge < -0.3 is 4.40 Å². The van der Waals surface area contributed by atoms with Crippen molar-refractivity contribution in [2.75, 3.05) is 0 Å². The quantitative estimate of drug-likeness (QED) is 0.616. The third-order valence-corrected chi connectivity index (χ3v) is 2.11. The summed E-state index contributed by atoms with van der Waals surface area (Å²) < 4.78 is 1.99. The minimum atomic E-state index is 0.544. The van der Waals surface area contributed by atoms with Crippen LogP contribution in [-0.2, 0) is 5.88 Å². The molecule has 0 aliphatic rings. The van der Waals surface area contributed by atoms with E-state index in [1.54, 1.807) is 0 Å². The smallest absolute Gasteiger partial charge is 0.137 e. The lowest BCUT2D eigenvalue weighted by molar-refractivity contribution is 1.16. The molecule has 0 saturated carbocycles. The molecule has 0 N–H and O–H groups in total. The summed E-state index contributed by atoms with van der Waals surface area (Å²) in [6.45, 7) is 1.98. The summed E-state index contributed by atoms with van der Waals surface area (Å²) in [6, 6.07) is 4.00. The Labute approximate surface area is 75.8 Å². The third kappa shape index (κ3) is 1.18. The molecule has 0 amide bonds. The zero-order valence-corrected chi connectivity index (χ0v) is 7.54. The highest BCUT2D eigenvalue weighted by molar-refractivity contribution is 6.17. The Bertz CT molecular complexity index is 406. The van der Waals surface area contributed by atoms with Crippen LogP contribution in [0.3, 0.4) is 0 Å². The molecular weight excluding hydrogens is 172 g/mol. The van der Waals surface area contributed by atoms with Gasteiger partial charge in [-0.2, -0.15) is 0 Å². The van der Waals surface area contributed by atoms with E-state index in [1.165, 1.54) is 0 Å². The number of pyridine rings is 1. The maximum Gasteiger partial charge on any atom is 0.137 e. The van der Waals surface area contributed by atoms with Crippen molar-refractivity contribution in [3.63, 3.8) is 0 Å². The number of fused-ring (bicyclic) bond motifs is 1. The molecule has 62 valence electrons. The fraction of sp³-hybridized carbons (Fsp3) is 0.222. The Hall–Kier alpha value is -1.02. The van der Waals surface area contributed by atoms with E-state index < -0.39 is 0 Å². The SMILES string of the molecule is Cc1cn2ccc(CCl)cc2n1. The van der Waals surface area contributed by atoms with E-state index in [1.807, 2.05) is 35.9 Å². The Morgan fingerprint density at radius 2 is 2.42 bits per heavy atom. The maximum atomic E-state index is 5.70. The number of aromatic nitrogens is 2. The van der Waals surface area contributed by atoms with Crippen LogP contribution in [0.1, 0.15) is 11.3 Å². The van der Waals surface area contributed by atoms with Crippen molar-refractivity contribution in [3.8, 4) is 0 Å². The van der Waals surface area contributed by atoms with Crippen molar-refractivity contribution in [3.05, 3.63) is 35.8 Å². The van der Waals surface area contributed by atoms with Crippen molar-refractivity contribution in [1.82, 2.24) is 9.38 Å². The lowest BCUT2D eigenvalue weighted by Gasteiger charge is -1.95. The summed E-state index contributed by atoms with van der Waals surface area (Å²) in [5, 5.41) is 0. The third-order valence-electron chi connectivity index (χ3n) is 1.80. The molecule has 3 heteroatoms. The lowest BCUT2D eigenvalue weighted by atomic mass is 10.3. The van der Waals surface area contributed by atoms with Gasteiger partial charge in [0, 0.05) is 18.3 Å². The number of hydrogen-bond acceptors (Lipinski definition) is 1. The zero-order valence-electron chi connectivity index (χ0n) is 6.79. The standard InChI is InChI=1S/C9H9ClN2/c1-7-6-12-3-2-8(5-10)4-9(12)11-7/h2-4,6H,5H2,1H3. The average molecular weight is 181 g/mol. The van der Waals surface area contributed by atoms with E-state index in [0.717, 1.165) is 16.9 Å². The van der Waals surface area contributed by atoms with E-state index in [0.29, 0.717) is 5.88 Å². The molecule has 2 aromatic rings. The lowest BCUT2D eigenvalue weighted by Crippen LogP contribution is -1.84. The summed E-state index contributed by atoms with van der Waals surface area (Å²) >= 11 is 5.70. The summed E-state index contributed by atoms with van der Waals surface area (Å²) in [6.07, 6.45) is 3.97. The molecule has 2 rings (SSSR count). The average Bonchev–Trinajstić information content (AvgIpc) is 2.43. The predicted molar refractivity (Wildman–Crippen MR) is 49.5 cm³/mol. The van der Waals surface area contributed by atoms with Gasteiger partial charge in [-0.3, -0.25) is 0 Å². The molecule has 0 fully saturated rings. The second-order valence-electron chi connectivity index (χ2n) is 2.82. The predicted octanol–water partition coefficient (Wildman–Crippen LogP) is 2.38. The minimum absolute atomic E-state index is 0.544. The number of imidazole rings is 1. The van der Waals surface area contributed by atoms with E-state index >= 15 is 0 Å². The summed E-state index contributed by atoms with van der Waals surface area (Å²) in [4.78, 5) is 4.33. The molecule has 2 nitrogen and oxygen atoms in total. The molecule has 0 aromatic carbocycles. The Morgan fingerprint density at radius 3 is 3.17 bits per heavy atom. The molecule has 0 aliphatic heterocycles. The molecular formula is C9H9ClN2. The van der Waals surface area contributed by atoms with Gasteiger partial charge in [-0.25, -0.2) is 4.98 Å². The molecule has 12 heavy (non-hydrogen) atoms. The van der Waals surface area contributed by atoms with Crippen LogP contribution in [-0.4, -0.2) is 9.38 Å². The Balaban J connectivity index is 2.66. The van der Waals surface area contributed by atoms with Gasteiger partial charge >= 0.3 is 0 Å². The van der Waals surface area contributed by atoms with E-state index in [2.05, 4.69) is 4.98 Å². The number of rotatable bonds is 1. The monoisotopic (exact) mass is 180 g/mol. The maximum absolute atomic E-state index is 5.70. The molecule has 0 unspecified atom stereocenters. The molecule has 0 atom stereocenters. The van der Waals surface area contributed by atoms with Crippen LogP contribution < -0.4 is 0 Å². The van der Waals surface area contributed by atoms with Crippen LogP contribution in [0.2, 0.25) is 0 Å². The molecule has 2 heterocycles. The number of alkyl halides is 1. The van der Waals surface area contributed by atoms with E-state index in [4.69, 9.17) is 11.6 Å². The molecule has 0 spiro atoms. The zero-order chi connectivity index (χ0) is 8.55. The highest BCUT2D eigenvalue weighted by atomic mass is 35.5. The number of halogens is 1. The summed E-state index contributed by atoms with van der Waals surface area (Å²) in [7, 11) is 0. The molecule has 0 saturated heterocycles. The van der Waals surface area contributed by atoms with Gasteiger partial charge in [-0.15, -0.1) is 11.6 Å². The van der Waals surface area contributed by atoms with Crippen molar-refractivity contribution < 1.29 is 0 Å². The Morgan fingerprint density at radius 1 is 1.58 bits per heavy atom. The van der Waals surface area contributed by atoms with Crippen LogP contribution in [0.5, 0.6) is 0 Å². The second kappa shape index (κ2) is 2.79. The number of nitrogens with zero attached hydrogens (tertiary/aromatic N) is 2. The van der Waals surface area contributed by atoms with Crippen LogP contribution in [0.15, 0.2) is 24.5 Å². The fourth-order valence-corrected chi connectivity index (χ4v) is 1.40. The van der Waals surface area contributed by atoms with Gasteiger partial charge in [-0.1, -0.05) is 0 Å². The van der Waals surface area contributed by atoms with Gasteiger partial charge in [0.2, 0.25) is 0 Å². The van der Waals surface area contributed by atoms with Crippen LogP contribution in [0.4, 0.5) is 0 Å². The summed E-state index contributed by atoms with van der Waals surface area (Å²) in [5.74, 6) is 0.544. The minimum Gasteiger partial charge on any atom is -0.307 e. The van der Waals surface area contributed by atoms with Crippen molar-refractivity contribution in [1.29, 1.82) is 0 Å². The molecule has 2 aromatic heterocycles. The van der Waals surface area contributed by atoms with Crippen molar-refractivity contribution >= 4 is 17.2 Å². The highest BCUT2D eigenvalue weighted by Gasteiger charge is 1.97. The first-order valence-corrected chi connectivity index (χ1v) is 4.33. The second-order valence-corrected chi connectivity index (χ2v) is 3.08. The van der Waals surface area contributed by atoms with Crippen LogP contribution >= 0.6 is 11.6 Å². The van der Waals surface area contributed by atoms with Crippen LogP contribution in [0, 0.1) is 6.92 Å². The normalized spacial score (nSPS) is 10.8. The van der Waals surface area contributed by atoms with Crippen molar-refractivity contribution in [2.45, 2.75) is 12.8 Å². The molecule has 0 radical (unpaired) electrons. The van der Waals surface area contributed by atoms with Gasteiger partial charge in [0.05, 0.1) is 5.69 Å². The number of aryl methyl sites for hydroxylation is 1.